The molecule has 6 nitrogen and oxygen atoms in total. The van der Waals surface area contributed by atoms with Gasteiger partial charge in [0.2, 0.25) is 0 Å². The Balaban J connectivity index is 0.000000423. The van der Waals surface area contributed by atoms with Gasteiger partial charge in [0.25, 0.3) is 5.91 Å². The topological polar surface area (TPSA) is 70.1 Å². The number of aliphatic carboxylic acids is 1. The zero-order chi connectivity index (χ0) is 23.4. The number of carbonyl (C=O) groups is 2. The monoisotopic (exact) mass is 444 g/mol. The van der Waals surface area contributed by atoms with E-state index in [4.69, 9.17) is 14.6 Å². The number of ether oxygens (including phenoxy) is 1. The SMILES string of the molecule is Cc1cc(C)cc(C(=O)N2CCC3(CC2)CC(N(C)C)CCO3)c1.O=C(O)C(F)(F)F. The summed E-state index contributed by atoms with van der Waals surface area (Å²) in [5, 5.41) is 7.12. The Morgan fingerprint density at radius 3 is 2.10 bits per heavy atom. The Morgan fingerprint density at radius 1 is 1.13 bits per heavy atom. The predicted molar refractivity (Wildman–Crippen MR) is 110 cm³/mol. The van der Waals surface area contributed by atoms with Crippen LogP contribution in [0, 0.1) is 13.8 Å². The number of benzene rings is 1. The van der Waals surface area contributed by atoms with Gasteiger partial charge in [0.1, 0.15) is 0 Å². The smallest absolute Gasteiger partial charge is 0.475 e. The number of alkyl halides is 3. The lowest BCUT2D eigenvalue weighted by atomic mass is 9.82. The van der Waals surface area contributed by atoms with Crippen molar-refractivity contribution in [1.29, 1.82) is 0 Å². The maximum Gasteiger partial charge on any atom is 0.490 e. The third-order valence-electron chi connectivity index (χ3n) is 5.87. The Hall–Kier alpha value is -2.13. The summed E-state index contributed by atoms with van der Waals surface area (Å²) in [6.07, 6.45) is -0.979. The molecule has 3 rings (SSSR count). The van der Waals surface area contributed by atoms with E-state index in [-0.39, 0.29) is 11.5 Å². The van der Waals surface area contributed by atoms with Crippen LogP contribution in [0.1, 0.15) is 47.2 Å². The van der Waals surface area contributed by atoms with Crippen LogP contribution in [0.4, 0.5) is 13.2 Å². The summed E-state index contributed by atoms with van der Waals surface area (Å²) in [6, 6.07) is 6.71. The molecule has 1 aromatic rings. The number of hydrogen-bond acceptors (Lipinski definition) is 4. The first-order valence-electron chi connectivity index (χ1n) is 10.3. The summed E-state index contributed by atoms with van der Waals surface area (Å²) in [5.41, 5.74) is 3.10. The van der Waals surface area contributed by atoms with E-state index in [1.165, 1.54) is 0 Å². The first kappa shape index (κ1) is 25.1. The molecule has 2 aliphatic heterocycles. The molecule has 9 heteroatoms. The van der Waals surface area contributed by atoms with Gasteiger partial charge in [-0.15, -0.1) is 0 Å². The van der Waals surface area contributed by atoms with E-state index in [0.717, 1.165) is 62.1 Å². The average molecular weight is 444 g/mol. The Morgan fingerprint density at radius 2 is 1.65 bits per heavy atom. The van der Waals surface area contributed by atoms with E-state index < -0.39 is 12.1 Å². The van der Waals surface area contributed by atoms with Crippen molar-refractivity contribution in [3.05, 3.63) is 34.9 Å². The summed E-state index contributed by atoms with van der Waals surface area (Å²) < 4.78 is 37.9. The highest BCUT2D eigenvalue weighted by atomic mass is 19.4. The molecule has 31 heavy (non-hydrogen) atoms. The number of halogens is 3. The number of carboxylic acid groups (broad SMARTS) is 1. The normalized spacial score (nSPS) is 20.9. The van der Waals surface area contributed by atoms with Crippen molar-refractivity contribution >= 4 is 11.9 Å². The quantitative estimate of drug-likeness (QED) is 0.754. The van der Waals surface area contributed by atoms with E-state index in [0.29, 0.717) is 6.04 Å². The van der Waals surface area contributed by atoms with E-state index in [2.05, 4.69) is 25.1 Å². The summed E-state index contributed by atoms with van der Waals surface area (Å²) in [7, 11) is 4.31. The van der Waals surface area contributed by atoms with E-state index in [1.807, 2.05) is 30.9 Å². The van der Waals surface area contributed by atoms with Crippen LogP contribution in [0.25, 0.3) is 0 Å². The highest BCUT2D eigenvalue weighted by Gasteiger charge is 2.41. The van der Waals surface area contributed by atoms with Gasteiger partial charge in [-0.2, -0.15) is 13.2 Å². The van der Waals surface area contributed by atoms with Crippen LogP contribution in [-0.2, 0) is 9.53 Å². The number of likely N-dealkylation sites (tertiary alicyclic amines) is 1. The third-order valence-corrected chi connectivity index (χ3v) is 5.87. The lowest BCUT2D eigenvalue weighted by Gasteiger charge is -2.47. The minimum absolute atomic E-state index is 0.0213. The summed E-state index contributed by atoms with van der Waals surface area (Å²) in [5.74, 6) is -2.59. The number of piperidine rings is 1. The molecule has 2 fully saturated rings. The fourth-order valence-corrected chi connectivity index (χ4v) is 4.19. The molecule has 0 bridgehead atoms. The fourth-order valence-electron chi connectivity index (χ4n) is 4.19. The molecular weight excluding hydrogens is 413 g/mol. The van der Waals surface area contributed by atoms with Gasteiger partial charge in [-0.1, -0.05) is 17.2 Å². The highest BCUT2D eigenvalue weighted by Crippen LogP contribution is 2.36. The lowest BCUT2D eigenvalue weighted by molar-refractivity contribution is -0.192. The molecule has 1 aromatic carbocycles. The summed E-state index contributed by atoms with van der Waals surface area (Å²) in [6.45, 7) is 6.53. The van der Waals surface area contributed by atoms with Gasteiger partial charge in [-0.05, 0) is 65.8 Å². The second kappa shape index (κ2) is 9.99. The van der Waals surface area contributed by atoms with Gasteiger partial charge in [-0.3, -0.25) is 4.79 Å². The van der Waals surface area contributed by atoms with Crippen molar-refractivity contribution in [3.8, 4) is 0 Å². The van der Waals surface area contributed by atoms with Gasteiger partial charge >= 0.3 is 12.1 Å². The van der Waals surface area contributed by atoms with Gasteiger partial charge < -0.3 is 19.6 Å². The maximum absolute atomic E-state index is 12.8. The van der Waals surface area contributed by atoms with Crippen LogP contribution in [-0.4, -0.2) is 78.4 Å². The molecule has 2 heterocycles. The van der Waals surface area contributed by atoms with Crippen LogP contribution in [0.2, 0.25) is 0 Å². The lowest BCUT2D eigenvalue weighted by Crippen LogP contribution is -2.53. The van der Waals surface area contributed by atoms with E-state index in [1.54, 1.807) is 0 Å². The zero-order valence-electron chi connectivity index (χ0n) is 18.5. The highest BCUT2D eigenvalue weighted by molar-refractivity contribution is 5.94. The van der Waals surface area contributed by atoms with Crippen LogP contribution in [0.15, 0.2) is 18.2 Å². The minimum Gasteiger partial charge on any atom is -0.475 e. The van der Waals surface area contributed by atoms with Crippen molar-refractivity contribution < 1.29 is 32.6 Å². The molecule has 1 amide bonds. The summed E-state index contributed by atoms with van der Waals surface area (Å²) >= 11 is 0. The molecule has 2 aliphatic rings. The van der Waals surface area contributed by atoms with Crippen LogP contribution in [0.5, 0.6) is 0 Å². The van der Waals surface area contributed by atoms with Crippen molar-refractivity contribution in [3.63, 3.8) is 0 Å². The molecule has 1 N–H and O–H groups in total. The molecule has 1 spiro atoms. The molecule has 0 aliphatic carbocycles. The van der Waals surface area contributed by atoms with Crippen molar-refractivity contribution in [2.24, 2.45) is 0 Å². The fraction of sp³-hybridized carbons (Fsp3) is 0.636. The number of amides is 1. The van der Waals surface area contributed by atoms with Gasteiger partial charge in [-0.25, -0.2) is 4.79 Å². The predicted octanol–water partition coefficient (Wildman–Crippen LogP) is 3.65. The number of carbonyl (C=O) groups excluding carboxylic acids is 1. The van der Waals surface area contributed by atoms with Gasteiger partial charge in [0.05, 0.1) is 5.60 Å². The standard InChI is InChI=1S/C20H30N2O2.C2HF3O2/c1-15-11-16(2)13-17(12-15)19(23)22-8-6-20(7-9-22)14-18(21(3)4)5-10-24-20;3-2(4,5)1(6)7/h11-13,18H,5-10,14H2,1-4H3;(H,6,7). The number of nitrogens with zero attached hydrogens (tertiary/aromatic N) is 2. The molecule has 1 unspecified atom stereocenters. The molecule has 0 radical (unpaired) electrons. The van der Waals surface area contributed by atoms with Gasteiger partial charge in [0, 0.05) is 31.3 Å². The molecule has 2 saturated heterocycles. The molecule has 174 valence electrons. The summed E-state index contributed by atoms with van der Waals surface area (Å²) in [4.78, 5) is 26.0. The van der Waals surface area contributed by atoms with E-state index >= 15 is 0 Å². The number of aryl methyl sites for hydroxylation is 2. The van der Waals surface area contributed by atoms with Crippen molar-refractivity contribution in [2.45, 2.75) is 57.3 Å². The largest absolute Gasteiger partial charge is 0.490 e. The van der Waals surface area contributed by atoms with Gasteiger partial charge in [0.15, 0.2) is 0 Å². The van der Waals surface area contributed by atoms with Crippen LogP contribution < -0.4 is 0 Å². The number of hydrogen-bond donors (Lipinski definition) is 1. The van der Waals surface area contributed by atoms with E-state index in [9.17, 15) is 18.0 Å². The molecular formula is C22H31F3N2O4. The third kappa shape index (κ3) is 6.93. The Labute approximate surface area is 181 Å². The van der Waals surface area contributed by atoms with Crippen molar-refractivity contribution in [2.75, 3.05) is 33.8 Å². The second-order valence-corrected chi connectivity index (χ2v) is 8.61. The zero-order valence-corrected chi connectivity index (χ0v) is 18.5. The number of rotatable bonds is 2. The Kier molecular flexibility index (Phi) is 8.10. The van der Waals surface area contributed by atoms with Crippen LogP contribution in [0.3, 0.4) is 0 Å². The average Bonchev–Trinajstić information content (AvgIpc) is 2.67. The molecule has 0 aromatic heterocycles. The Bertz CT molecular complexity index is 767. The first-order chi connectivity index (χ1) is 14.3. The molecule has 0 saturated carbocycles. The second-order valence-electron chi connectivity index (χ2n) is 8.61. The number of carboxylic acids is 1. The molecule has 1 atom stereocenters. The first-order valence-corrected chi connectivity index (χ1v) is 10.3. The van der Waals surface area contributed by atoms with Crippen LogP contribution >= 0.6 is 0 Å². The van der Waals surface area contributed by atoms with Crippen molar-refractivity contribution in [1.82, 2.24) is 9.80 Å². The maximum atomic E-state index is 12.8. The minimum atomic E-state index is -5.08.